The molecule has 160 valence electrons. The summed E-state index contributed by atoms with van der Waals surface area (Å²) in [5.74, 6) is -0.479. The van der Waals surface area contributed by atoms with Crippen molar-refractivity contribution >= 4 is 18.3 Å². The largest absolute Gasteiger partial charge is 0.444 e. The Hall–Kier alpha value is -2.41. The van der Waals surface area contributed by atoms with E-state index in [1.165, 1.54) is 0 Å². The van der Waals surface area contributed by atoms with E-state index < -0.39 is 23.2 Å². The Morgan fingerprint density at radius 3 is 2.55 bits per heavy atom. The van der Waals surface area contributed by atoms with Crippen LogP contribution in [0.5, 0.6) is 0 Å². The molecule has 1 aromatic rings. The molecule has 2 amide bonds. The van der Waals surface area contributed by atoms with Gasteiger partial charge in [-0.1, -0.05) is 30.3 Å². The normalized spacial score (nSPS) is 23.2. The van der Waals surface area contributed by atoms with Gasteiger partial charge in [-0.25, -0.2) is 4.79 Å². The molecule has 1 aliphatic heterocycles. The summed E-state index contributed by atoms with van der Waals surface area (Å²) in [4.78, 5) is 37.7. The molecule has 1 aliphatic rings. The minimum Gasteiger partial charge on any atom is -0.444 e. The topological polar surface area (TPSA) is 95.9 Å². The summed E-state index contributed by atoms with van der Waals surface area (Å²) in [5, 5.41) is 13.9. The zero-order valence-corrected chi connectivity index (χ0v) is 17.7. The first-order valence-electron chi connectivity index (χ1n) is 10.1. The van der Waals surface area contributed by atoms with Gasteiger partial charge >= 0.3 is 6.09 Å². The van der Waals surface area contributed by atoms with Crippen LogP contribution >= 0.6 is 0 Å². The number of nitrogens with one attached hydrogen (secondary N) is 1. The molecule has 7 heteroatoms. The van der Waals surface area contributed by atoms with E-state index in [0.717, 1.165) is 11.8 Å². The average Bonchev–Trinajstić information content (AvgIpc) is 2.64. The zero-order valence-electron chi connectivity index (χ0n) is 17.7. The van der Waals surface area contributed by atoms with Crippen molar-refractivity contribution in [1.29, 1.82) is 0 Å². The fourth-order valence-electron chi connectivity index (χ4n) is 3.56. The predicted octanol–water partition coefficient (Wildman–Crippen LogP) is 2.97. The first-order valence-corrected chi connectivity index (χ1v) is 10.1. The van der Waals surface area contributed by atoms with Gasteiger partial charge in [0.25, 0.3) is 5.91 Å². The Morgan fingerprint density at radius 1 is 1.34 bits per heavy atom. The van der Waals surface area contributed by atoms with Crippen LogP contribution in [0.25, 0.3) is 0 Å². The SMILES string of the molecule is CC1CC(O)(C(=O)N[C@@H](CCC=O)c2ccccc2)CCN1C(=O)OC(C)(C)C. The number of aldehydes is 1. The Morgan fingerprint density at radius 2 is 2.00 bits per heavy atom. The summed E-state index contributed by atoms with van der Waals surface area (Å²) in [6.45, 7) is 7.41. The van der Waals surface area contributed by atoms with Gasteiger partial charge in [0, 0.05) is 31.8 Å². The van der Waals surface area contributed by atoms with Crippen LogP contribution < -0.4 is 5.32 Å². The third kappa shape index (κ3) is 6.29. The van der Waals surface area contributed by atoms with Crippen LogP contribution in [0.3, 0.4) is 0 Å². The predicted molar refractivity (Wildman–Crippen MR) is 109 cm³/mol. The Labute approximate surface area is 172 Å². The maximum Gasteiger partial charge on any atom is 0.410 e. The molecular weight excluding hydrogens is 372 g/mol. The maximum atomic E-state index is 12.9. The summed E-state index contributed by atoms with van der Waals surface area (Å²) >= 11 is 0. The lowest BCUT2D eigenvalue weighted by Gasteiger charge is -2.42. The van der Waals surface area contributed by atoms with Gasteiger partial charge in [-0.05, 0) is 39.7 Å². The van der Waals surface area contributed by atoms with Crippen LogP contribution in [-0.4, -0.2) is 52.1 Å². The molecule has 1 heterocycles. The van der Waals surface area contributed by atoms with E-state index in [0.29, 0.717) is 12.8 Å². The molecule has 1 aromatic carbocycles. The molecule has 3 atom stereocenters. The number of nitrogens with zero attached hydrogens (tertiary/aromatic N) is 1. The molecule has 2 rings (SSSR count). The van der Waals surface area contributed by atoms with Gasteiger partial charge in [-0.15, -0.1) is 0 Å². The number of ether oxygens (including phenoxy) is 1. The van der Waals surface area contributed by atoms with Gasteiger partial charge in [-0.3, -0.25) is 4.79 Å². The van der Waals surface area contributed by atoms with Gasteiger partial charge < -0.3 is 24.9 Å². The highest BCUT2D eigenvalue weighted by atomic mass is 16.6. The molecule has 0 spiro atoms. The molecule has 1 saturated heterocycles. The molecule has 2 unspecified atom stereocenters. The highest BCUT2D eigenvalue weighted by Gasteiger charge is 2.45. The molecule has 0 aromatic heterocycles. The number of hydrogen-bond donors (Lipinski definition) is 2. The van der Waals surface area contributed by atoms with E-state index in [1.807, 2.05) is 30.3 Å². The summed E-state index contributed by atoms with van der Waals surface area (Å²) in [5.41, 5.74) is -1.30. The van der Waals surface area contributed by atoms with Crippen molar-refractivity contribution in [2.24, 2.45) is 0 Å². The second-order valence-electron chi connectivity index (χ2n) is 8.69. The minimum absolute atomic E-state index is 0.118. The van der Waals surface area contributed by atoms with E-state index in [-0.39, 0.29) is 31.5 Å². The number of carbonyl (C=O) groups is 3. The fourth-order valence-corrected chi connectivity index (χ4v) is 3.56. The average molecular weight is 405 g/mol. The quantitative estimate of drug-likeness (QED) is 0.711. The van der Waals surface area contributed by atoms with Crippen LogP contribution in [0, 0.1) is 0 Å². The number of carbonyl (C=O) groups excluding carboxylic acids is 3. The Balaban J connectivity index is 2.06. The van der Waals surface area contributed by atoms with Gasteiger partial charge in [0.1, 0.15) is 17.5 Å². The lowest BCUT2D eigenvalue weighted by Crippen LogP contribution is -2.58. The zero-order chi connectivity index (χ0) is 21.7. The van der Waals surface area contributed by atoms with Crippen molar-refractivity contribution in [1.82, 2.24) is 10.2 Å². The van der Waals surface area contributed by atoms with E-state index in [1.54, 1.807) is 32.6 Å². The van der Waals surface area contributed by atoms with Crippen molar-refractivity contribution in [3.8, 4) is 0 Å². The van der Waals surface area contributed by atoms with Crippen molar-refractivity contribution < 1.29 is 24.2 Å². The first kappa shape index (κ1) is 22.9. The second kappa shape index (κ2) is 9.39. The maximum absolute atomic E-state index is 12.9. The highest BCUT2D eigenvalue weighted by Crippen LogP contribution is 2.30. The summed E-state index contributed by atoms with van der Waals surface area (Å²) in [6, 6.07) is 8.67. The molecular formula is C22H32N2O5. The number of amides is 2. The van der Waals surface area contributed by atoms with Crippen molar-refractivity contribution in [3.63, 3.8) is 0 Å². The molecule has 0 saturated carbocycles. The number of likely N-dealkylation sites (tertiary alicyclic amines) is 1. The standard InChI is InChI=1S/C22H32N2O5/c1-16-15-22(28,12-13-24(16)20(27)29-21(2,3)4)19(26)23-18(11-8-14-25)17-9-6-5-7-10-17/h5-7,9-10,14,16,18,28H,8,11-13,15H2,1-4H3,(H,23,26)/t16?,18-,22?/m0/s1. The molecule has 29 heavy (non-hydrogen) atoms. The number of piperidine rings is 1. The third-order valence-corrected chi connectivity index (χ3v) is 5.06. The fraction of sp³-hybridized carbons (Fsp3) is 0.591. The lowest BCUT2D eigenvalue weighted by atomic mass is 9.85. The van der Waals surface area contributed by atoms with Crippen molar-refractivity contribution in [3.05, 3.63) is 35.9 Å². The highest BCUT2D eigenvalue weighted by molar-refractivity contribution is 5.86. The molecule has 7 nitrogen and oxygen atoms in total. The van der Waals surface area contributed by atoms with Crippen molar-refractivity contribution in [2.45, 2.75) is 76.7 Å². The van der Waals surface area contributed by atoms with Crippen LogP contribution in [0.2, 0.25) is 0 Å². The van der Waals surface area contributed by atoms with E-state index in [2.05, 4.69) is 5.32 Å². The smallest absolute Gasteiger partial charge is 0.410 e. The third-order valence-electron chi connectivity index (χ3n) is 5.06. The molecule has 1 fully saturated rings. The van der Waals surface area contributed by atoms with Crippen molar-refractivity contribution in [2.75, 3.05) is 6.54 Å². The number of rotatable bonds is 6. The van der Waals surface area contributed by atoms with Crippen LogP contribution in [0.4, 0.5) is 4.79 Å². The lowest BCUT2D eigenvalue weighted by molar-refractivity contribution is -0.147. The van der Waals surface area contributed by atoms with E-state index in [4.69, 9.17) is 4.74 Å². The second-order valence-corrected chi connectivity index (χ2v) is 8.69. The molecule has 0 bridgehead atoms. The van der Waals surface area contributed by atoms with Gasteiger partial charge in [0.15, 0.2) is 0 Å². The minimum atomic E-state index is -1.58. The van der Waals surface area contributed by atoms with E-state index in [9.17, 15) is 19.5 Å². The Kier molecular flexibility index (Phi) is 7.41. The first-order chi connectivity index (χ1) is 13.6. The molecule has 0 aliphatic carbocycles. The Bertz CT molecular complexity index is 716. The van der Waals surface area contributed by atoms with Gasteiger partial charge in [0.05, 0.1) is 6.04 Å². The summed E-state index contributed by atoms with van der Waals surface area (Å²) in [6.07, 6.45) is 1.37. The molecule has 0 radical (unpaired) electrons. The summed E-state index contributed by atoms with van der Waals surface area (Å²) < 4.78 is 5.41. The van der Waals surface area contributed by atoms with Crippen LogP contribution in [-0.2, 0) is 14.3 Å². The van der Waals surface area contributed by atoms with Crippen LogP contribution in [0.1, 0.15) is 65.0 Å². The van der Waals surface area contributed by atoms with E-state index >= 15 is 0 Å². The number of benzene rings is 1. The summed E-state index contributed by atoms with van der Waals surface area (Å²) in [7, 11) is 0. The van der Waals surface area contributed by atoms with Gasteiger partial charge in [-0.2, -0.15) is 0 Å². The van der Waals surface area contributed by atoms with Gasteiger partial charge in [0.2, 0.25) is 0 Å². The number of aliphatic hydroxyl groups is 1. The molecule has 2 N–H and O–H groups in total. The number of hydrogen-bond acceptors (Lipinski definition) is 5. The van der Waals surface area contributed by atoms with Crippen LogP contribution in [0.15, 0.2) is 30.3 Å². The monoisotopic (exact) mass is 404 g/mol.